The van der Waals surface area contributed by atoms with E-state index in [0.717, 1.165) is 6.54 Å². The normalized spacial score (nSPS) is 13.8. The van der Waals surface area contributed by atoms with E-state index in [1.54, 1.807) is 6.34 Å². The van der Waals surface area contributed by atoms with Crippen LogP contribution in [0.3, 0.4) is 0 Å². The fourth-order valence-corrected chi connectivity index (χ4v) is 1.40. The Labute approximate surface area is 72.3 Å². The molecule has 0 unspecified atom stereocenters. The number of aryl methyl sites for hydroxylation is 2. The zero-order valence-corrected chi connectivity index (χ0v) is 7.39. The van der Waals surface area contributed by atoms with Crippen molar-refractivity contribution < 1.29 is 0 Å². The highest BCUT2D eigenvalue weighted by Crippen LogP contribution is 2.22. The molecule has 1 aliphatic rings. The van der Waals surface area contributed by atoms with Crippen LogP contribution in [-0.4, -0.2) is 6.34 Å². The molecular weight excluding hydrogens is 148 g/mol. The molecule has 2 nitrogen and oxygen atoms in total. The van der Waals surface area contributed by atoms with Crippen LogP contribution < -0.4 is 5.32 Å². The van der Waals surface area contributed by atoms with Crippen molar-refractivity contribution in [2.45, 2.75) is 20.4 Å². The second kappa shape index (κ2) is 2.63. The Kier molecular flexibility index (Phi) is 1.61. The summed E-state index contributed by atoms with van der Waals surface area (Å²) in [4.78, 5) is 4.15. The van der Waals surface area contributed by atoms with Gasteiger partial charge in [-0.15, -0.1) is 0 Å². The second-order valence-electron chi connectivity index (χ2n) is 3.21. The molecule has 1 aromatic rings. The fourth-order valence-electron chi connectivity index (χ4n) is 1.40. The van der Waals surface area contributed by atoms with Gasteiger partial charge in [0.2, 0.25) is 0 Å². The van der Waals surface area contributed by atoms with Crippen molar-refractivity contribution in [2.24, 2.45) is 4.99 Å². The van der Waals surface area contributed by atoms with Gasteiger partial charge in [0.15, 0.2) is 0 Å². The Hall–Kier alpha value is -1.31. The molecule has 1 heterocycles. The largest absolute Gasteiger partial charge is 0.346 e. The summed E-state index contributed by atoms with van der Waals surface area (Å²) >= 11 is 0. The van der Waals surface area contributed by atoms with Gasteiger partial charge in [0.1, 0.15) is 0 Å². The smallest absolute Gasteiger partial charge is 0.0872 e. The first-order chi connectivity index (χ1) is 5.77. The van der Waals surface area contributed by atoms with Crippen molar-refractivity contribution in [3.05, 3.63) is 28.8 Å². The molecule has 0 spiro atoms. The van der Waals surface area contributed by atoms with E-state index in [1.165, 1.54) is 22.4 Å². The Balaban J connectivity index is 2.53. The van der Waals surface area contributed by atoms with Gasteiger partial charge in [-0.1, -0.05) is 6.07 Å². The molecule has 0 aliphatic carbocycles. The maximum atomic E-state index is 4.15. The van der Waals surface area contributed by atoms with E-state index in [0.29, 0.717) is 0 Å². The van der Waals surface area contributed by atoms with Crippen LogP contribution >= 0.6 is 0 Å². The summed E-state index contributed by atoms with van der Waals surface area (Å²) in [5.41, 5.74) is 5.16. The number of aliphatic imine (C=N–C) groups is 1. The van der Waals surface area contributed by atoms with Crippen LogP contribution in [0, 0.1) is 13.8 Å². The van der Waals surface area contributed by atoms with Crippen LogP contribution in [0.1, 0.15) is 16.7 Å². The van der Waals surface area contributed by atoms with E-state index in [4.69, 9.17) is 0 Å². The van der Waals surface area contributed by atoms with Gasteiger partial charge in [-0.2, -0.15) is 0 Å². The van der Waals surface area contributed by atoms with Gasteiger partial charge in [0.05, 0.1) is 12.9 Å². The maximum Gasteiger partial charge on any atom is 0.0872 e. The summed E-state index contributed by atoms with van der Waals surface area (Å²) in [6.07, 6.45) is 1.76. The minimum Gasteiger partial charge on any atom is -0.346 e. The summed E-state index contributed by atoms with van der Waals surface area (Å²) in [5.74, 6) is 0. The molecule has 0 atom stereocenters. The van der Waals surface area contributed by atoms with Crippen molar-refractivity contribution in [1.29, 1.82) is 0 Å². The highest BCUT2D eigenvalue weighted by Gasteiger charge is 2.06. The van der Waals surface area contributed by atoms with Crippen molar-refractivity contribution >= 4 is 12.0 Å². The molecule has 1 N–H and O–H groups in total. The molecule has 0 saturated carbocycles. The van der Waals surface area contributed by atoms with Gasteiger partial charge in [-0.05, 0) is 36.6 Å². The highest BCUT2D eigenvalue weighted by atomic mass is 15.0. The minimum atomic E-state index is 0.809. The first-order valence-electron chi connectivity index (χ1n) is 4.12. The van der Waals surface area contributed by atoms with Crippen molar-refractivity contribution in [3.8, 4) is 0 Å². The third kappa shape index (κ3) is 1.09. The molecule has 0 radical (unpaired) electrons. The quantitative estimate of drug-likeness (QED) is 0.618. The van der Waals surface area contributed by atoms with Crippen LogP contribution in [0.4, 0.5) is 5.69 Å². The Bertz CT molecular complexity index is 307. The standard InChI is InChI=1S/C10H12N2/c1-7-3-9-5-11-6-12-10(9)4-8(7)2/h3-4,6H,5H2,1-2H3,(H,11,12). The lowest BCUT2D eigenvalue weighted by Gasteiger charge is -2.14. The van der Waals surface area contributed by atoms with Crippen LogP contribution in [0.15, 0.2) is 17.1 Å². The van der Waals surface area contributed by atoms with Crippen molar-refractivity contribution in [3.63, 3.8) is 0 Å². The van der Waals surface area contributed by atoms with E-state index in [-0.39, 0.29) is 0 Å². The van der Waals surface area contributed by atoms with Gasteiger partial charge in [0, 0.05) is 5.69 Å². The SMILES string of the molecule is Cc1cc2c(cc1C)NC=NC2. The third-order valence-corrected chi connectivity index (χ3v) is 2.29. The number of nitrogens with one attached hydrogen (secondary N) is 1. The number of anilines is 1. The summed E-state index contributed by atoms with van der Waals surface area (Å²) in [5, 5.41) is 3.14. The lowest BCUT2D eigenvalue weighted by Crippen LogP contribution is -2.05. The molecule has 62 valence electrons. The molecule has 0 fully saturated rings. The molecular formula is C10H12N2. The Morgan fingerprint density at radius 3 is 2.83 bits per heavy atom. The third-order valence-electron chi connectivity index (χ3n) is 2.29. The second-order valence-corrected chi connectivity index (χ2v) is 3.21. The molecule has 1 aromatic carbocycles. The molecule has 0 aromatic heterocycles. The van der Waals surface area contributed by atoms with E-state index in [1.807, 2.05) is 0 Å². The first-order valence-corrected chi connectivity index (χ1v) is 4.12. The summed E-state index contributed by atoms with van der Waals surface area (Å²) < 4.78 is 0. The van der Waals surface area contributed by atoms with Gasteiger partial charge in [-0.25, -0.2) is 0 Å². The molecule has 0 bridgehead atoms. The zero-order chi connectivity index (χ0) is 8.55. The predicted molar refractivity (Wildman–Crippen MR) is 51.7 cm³/mol. The molecule has 2 heteroatoms. The van der Waals surface area contributed by atoms with Gasteiger partial charge in [-0.3, -0.25) is 4.99 Å². The van der Waals surface area contributed by atoms with Crippen LogP contribution in [0.5, 0.6) is 0 Å². The van der Waals surface area contributed by atoms with Crippen LogP contribution in [0.2, 0.25) is 0 Å². The van der Waals surface area contributed by atoms with Crippen molar-refractivity contribution in [2.75, 3.05) is 5.32 Å². The topological polar surface area (TPSA) is 24.4 Å². The van der Waals surface area contributed by atoms with Crippen LogP contribution in [0.25, 0.3) is 0 Å². The molecule has 0 saturated heterocycles. The number of hydrogen-bond donors (Lipinski definition) is 1. The Morgan fingerprint density at radius 1 is 1.25 bits per heavy atom. The number of fused-ring (bicyclic) bond motifs is 1. The average Bonchev–Trinajstić information content (AvgIpc) is 2.07. The van der Waals surface area contributed by atoms with Crippen LogP contribution in [-0.2, 0) is 6.54 Å². The average molecular weight is 160 g/mol. The number of nitrogens with zero attached hydrogens (tertiary/aromatic N) is 1. The highest BCUT2D eigenvalue weighted by molar-refractivity contribution is 5.80. The lowest BCUT2D eigenvalue weighted by molar-refractivity contribution is 1.05. The number of hydrogen-bond acceptors (Lipinski definition) is 2. The lowest BCUT2D eigenvalue weighted by atomic mass is 10.0. The fraction of sp³-hybridized carbons (Fsp3) is 0.300. The molecule has 0 amide bonds. The minimum absolute atomic E-state index is 0.809. The monoisotopic (exact) mass is 160 g/mol. The van der Waals surface area contributed by atoms with E-state index < -0.39 is 0 Å². The summed E-state index contributed by atoms with van der Waals surface area (Å²) in [6.45, 7) is 5.07. The number of benzene rings is 1. The predicted octanol–water partition coefficient (Wildman–Crippen LogP) is 2.26. The summed E-state index contributed by atoms with van der Waals surface area (Å²) in [6, 6.07) is 4.38. The first kappa shape index (κ1) is 7.35. The molecule has 2 rings (SSSR count). The van der Waals surface area contributed by atoms with Gasteiger partial charge >= 0.3 is 0 Å². The van der Waals surface area contributed by atoms with Gasteiger partial charge < -0.3 is 5.32 Å². The van der Waals surface area contributed by atoms with E-state index in [9.17, 15) is 0 Å². The molecule has 1 aliphatic heterocycles. The van der Waals surface area contributed by atoms with E-state index in [2.05, 4.69) is 36.3 Å². The number of rotatable bonds is 0. The van der Waals surface area contributed by atoms with E-state index >= 15 is 0 Å². The molecule has 12 heavy (non-hydrogen) atoms. The Morgan fingerprint density at radius 2 is 2.00 bits per heavy atom. The maximum absolute atomic E-state index is 4.15. The van der Waals surface area contributed by atoms with Gasteiger partial charge in [0.25, 0.3) is 0 Å². The summed E-state index contributed by atoms with van der Waals surface area (Å²) in [7, 11) is 0. The van der Waals surface area contributed by atoms with Crippen molar-refractivity contribution in [1.82, 2.24) is 0 Å². The zero-order valence-electron chi connectivity index (χ0n) is 7.39.